The number of hydrogen-bond acceptors (Lipinski definition) is 2. The van der Waals surface area contributed by atoms with Gasteiger partial charge in [-0.3, -0.25) is 0 Å². The molecule has 3 nitrogen and oxygen atoms in total. The molecule has 0 fully saturated rings. The Hall–Kier alpha value is -1.67. The van der Waals surface area contributed by atoms with Crippen LogP contribution in [0.15, 0.2) is 28.9 Å². The van der Waals surface area contributed by atoms with E-state index in [9.17, 15) is 4.39 Å². The zero-order valence-electron chi connectivity index (χ0n) is 8.17. The predicted molar refractivity (Wildman–Crippen MR) is 61.0 cm³/mol. The summed E-state index contributed by atoms with van der Waals surface area (Å²) >= 11 is 3.25. The first-order chi connectivity index (χ1) is 7.70. The number of nitrogens with one attached hydrogen (secondary N) is 1. The van der Waals surface area contributed by atoms with Crippen LogP contribution in [0.3, 0.4) is 0 Å². The second-order valence-corrected chi connectivity index (χ2v) is 3.95. The number of imidazole rings is 1. The van der Waals surface area contributed by atoms with Crippen molar-refractivity contribution in [3.05, 3.63) is 40.4 Å². The maximum Gasteiger partial charge on any atom is 0.139 e. The summed E-state index contributed by atoms with van der Waals surface area (Å²) in [4.78, 5) is 7.16. The van der Waals surface area contributed by atoms with Crippen LogP contribution in [0.5, 0.6) is 0 Å². The fourth-order valence-electron chi connectivity index (χ4n) is 1.36. The smallest absolute Gasteiger partial charge is 0.139 e. The van der Waals surface area contributed by atoms with E-state index in [1.165, 1.54) is 12.1 Å². The highest BCUT2D eigenvalue weighted by molar-refractivity contribution is 9.10. The van der Waals surface area contributed by atoms with Crippen LogP contribution in [0.1, 0.15) is 5.69 Å². The minimum atomic E-state index is -0.313. The van der Waals surface area contributed by atoms with Crippen LogP contribution in [0.2, 0.25) is 0 Å². The minimum Gasteiger partial charge on any atom is -0.340 e. The van der Waals surface area contributed by atoms with E-state index in [0.717, 1.165) is 0 Å². The summed E-state index contributed by atoms with van der Waals surface area (Å²) in [6.45, 7) is 0. The monoisotopic (exact) mass is 279 g/mol. The van der Waals surface area contributed by atoms with Crippen molar-refractivity contribution >= 4 is 15.9 Å². The number of H-pyrrole nitrogens is 1. The van der Waals surface area contributed by atoms with E-state index in [1.807, 2.05) is 6.07 Å². The van der Waals surface area contributed by atoms with E-state index in [-0.39, 0.29) is 12.2 Å². The Morgan fingerprint density at radius 3 is 3.00 bits per heavy atom. The fraction of sp³-hybridized carbons (Fsp3) is 0.0909. The number of halogens is 2. The van der Waals surface area contributed by atoms with E-state index in [0.29, 0.717) is 21.7 Å². The SMILES string of the molecule is N#CCc1[nH]c(-c2cccc(F)c2)nc1Br. The summed E-state index contributed by atoms with van der Waals surface area (Å²) in [5.74, 6) is 0.239. The lowest BCUT2D eigenvalue weighted by Crippen LogP contribution is -1.84. The molecule has 0 aliphatic carbocycles. The van der Waals surface area contributed by atoms with Gasteiger partial charge in [0, 0.05) is 5.56 Å². The molecule has 0 unspecified atom stereocenters. The summed E-state index contributed by atoms with van der Waals surface area (Å²) in [5, 5.41) is 8.59. The summed E-state index contributed by atoms with van der Waals surface area (Å²) in [7, 11) is 0. The molecule has 2 aromatic rings. The van der Waals surface area contributed by atoms with Gasteiger partial charge in [-0.25, -0.2) is 9.37 Å². The van der Waals surface area contributed by atoms with E-state index in [1.54, 1.807) is 12.1 Å². The van der Waals surface area contributed by atoms with Gasteiger partial charge in [-0.05, 0) is 28.1 Å². The number of rotatable bonds is 2. The zero-order valence-corrected chi connectivity index (χ0v) is 9.75. The third-order valence-electron chi connectivity index (χ3n) is 2.08. The highest BCUT2D eigenvalue weighted by Gasteiger charge is 2.09. The molecule has 0 atom stereocenters. The Kier molecular flexibility index (Phi) is 3.02. The summed E-state index contributed by atoms with van der Waals surface area (Å²) < 4.78 is 13.6. The molecule has 1 N–H and O–H groups in total. The normalized spacial score (nSPS) is 10.1. The second kappa shape index (κ2) is 4.45. The molecule has 1 heterocycles. The van der Waals surface area contributed by atoms with Gasteiger partial charge in [0.15, 0.2) is 0 Å². The van der Waals surface area contributed by atoms with Gasteiger partial charge in [-0.15, -0.1) is 0 Å². The first-order valence-corrected chi connectivity index (χ1v) is 5.37. The van der Waals surface area contributed by atoms with Crippen molar-refractivity contribution in [2.45, 2.75) is 6.42 Å². The van der Waals surface area contributed by atoms with Gasteiger partial charge < -0.3 is 4.98 Å². The number of hydrogen-bond donors (Lipinski definition) is 1. The average Bonchev–Trinajstić information content (AvgIpc) is 2.61. The molecule has 0 saturated carbocycles. The van der Waals surface area contributed by atoms with Crippen molar-refractivity contribution in [3.63, 3.8) is 0 Å². The van der Waals surface area contributed by atoms with Gasteiger partial charge in [-0.1, -0.05) is 12.1 Å². The molecule has 0 radical (unpaired) electrons. The molecular formula is C11H7BrFN3. The standard InChI is InChI=1S/C11H7BrFN3/c12-10-9(4-5-14)15-11(16-10)7-2-1-3-8(13)6-7/h1-3,6H,4H2,(H,15,16). The fourth-order valence-corrected chi connectivity index (χ4v) is 1.77. The maximum atomic E-state index is 13.0. The van der Waals surface area contributed by atoms with Crippen molar-refractivity contribution in [2.24, 2.45) is 0 Å². The Balaban J connectivity index is 2.42. The molecule has 0 amide bonds. The molecule has 0 saturated heterocycles. The molecule has 5 heteroatoms. The van der Waals surface area contributed by atoms with Gasteiger partial charge in [-0.2, -0.15) is 5.26 Å². The van der Waals surface area contributed by atoms with Gasteiger partial charge in [0.2, 0.25) is 0 Å². The van der Waals surface area contributed by atoms with E-state index in [4.69, 9.17) is 5.26 Å². The summed E-state index contributed by atoms with van der Waals surface area (Å²) in [6.07, 6.45) is 0.239. The highest BCUT2D eigenvalue weighted by atomic mass is 79.9. The van der Waals surface area contributed by atoms with Gasteiger partial charge in [0.05, 0.1) is 18.2 Å². The van der Waals surface area contributed by atoms with Crippen LogP contribution in [-0.2, 0) is 6.42 Å². The summed E-state index contributed by atoms with van der Waals surface area (Å²) in [5.41, 5.74) is 1.35. The van der Waals surface area contributed by atoms with Crippen molar-refractivity contribution in [2.75, 3.05) is 0 Å². The molecule has 80 valence electrons. The highest BCUT2D eigenvalue weighted by Crippen LogP contribution is 2.22. The lowest BCUT2D eigenvalue weighted by atomic mass is 10.2. The lowest BCUT2D eigenvalue weighted by molar-refractivity contribution is 0.628. The van der Waals surface area contributed by atoms with Crippen molar-refractivity contribution in [1.82, 2.24) is 9.97 Å². The van der Waals surface area contributed by atoms with Gasteiger partial charge in [0.1, 0.15) is 16.2 Å². The first kappa shape index (κ1) is 10.8. The molecule has 0 aliphatic rings. The van der Waals surface area contributed by atoms with Crippen LogP contribution >= 0.6 is 15.9 Å². The molecule has 0 spiro atoms. The number of aromatic nitrogens is 2. The van der Waals surface area contributed by atoms with Crippen molar-refractivity contribution < 1.29 is 4.39 Å². The minimum absolute atomic E-state index is 0.239. The molecule has 1 aromatic heterocycles. The third kappa shape index (κ3) is 2.12. The number of nitriles is 1. The lowest BCUT2D eigenvalue weighted by Gasteiger charge is -1.95. The molecule has 16 heavy (non-hydrogen) atoms. The molecule has 2 rings (SSSR count). The summed E-state index contributed by atoms with van der Waals surface area (Å²) in [6, 6.07) is 8.16. The molecular weight excluding hydrogens is 273 g/mol. The molecule has 0 aliphatic heterocycles. The number of benzene rings is 1. The maximum absolute atomic E-state index is 13.0. The zero-order chi connectivity index (χ0) is 11.5. The van der Waals surface area contributed by atoms with Gasteiger partial charge in [0.25, 0.3) is 0 Å². The van der Waals surface area contributed by atoms with Crippen LogP contribution in [-0.4, -0.2) is 9.97 Å². The predicted octanol–water partition coefficient (Wildman–Crippen LogP) is 3.04. The van der Waals surface area contributed by atoms with E-state index >= 15 is 0 Å². The Morgan fingerprint density at radius 1 is 1.50 bits per heavy atom. The van der Waals surface area contributed by atoms with Crippen LogP contribution in [0.4, 0.5) is 4.39 Å². The van der Waals surface area contributed by atoms with Crippen molar-refractivity contribution in [3.8, 4) is 17.5 Å². The second-order valence-electron chi connectivity index (χ2n) is 3.20. The Bertz CT molecular complexity index is 557. The van der Waals surface area contributed by atoms with E-state index < -0.39 is 0 Å². The Labute approximate surface area is 100 Å². The molecule has 1 aromatic carbocycles. The quantitative estimate of drug-likeness (QED) is 0.919. The van der Waals surface area contributed by atoms with Crippen molar-refractivity contribution in [1.29, 1.82) is 5.26 Å². The average molecular weight is 280 g/mol. The first-order valence-electron chi connectivity index (χ1n) is 4.58. The molecule has 0 bridgehead atoms. The number of aromatic amines is 1. The Morgan fingerprint density at radius 2 is 2.31 bits per heavy atom. The van der Waals surface area contributed by atoms with Crippen LogP contribution in [0, 0.1) is 17.1 Å². The number of nitrogens with zero attached hydrogens (tertiary/aromatic N) is 2. The van der Waals surface area contributed by atoms with Gasteiger partial charge >= 0.3 is 0 Å². The van der Waals surface area contributed by atoms with Crippen LogP contribution in [0.25, 0.3) is 11.4 Å². The van der Waals surface area contributed by atoms with Crippen LogP contribution < -0.4 is 0 Å². The topological polar surface area (TPSA) is 52.5 Å². The van der Waals surface area contributed by atoms with E-state index in [2.05, 4.69) is 25.9 Å². The largest absolute Gasteiger partial charge is 0.340 e. The third-order valence-corrected chi connectivity index (χ3v) is 2.74.